The van der Waals surface area contributed by atoms with E-state index >= 15 is 0 Å². The number of aliphatic carboxylic acids is 1. The van der Waals surface area contributed by atoms with Crippen LogP contribution >= 0.6 is 0 Å². The van der Waals surface area contributed by atoms with Gasteiger partial charge in [0.05, 0.1) is 17.9 Å². The van der Waals surface area contributed by atoms with Crippen LogP contribution in [0.4, 0.5) is 0 Å². The molecular formula is C40H56N8O10S. The Labute approximate surface area is 344 Å². The van der Waals surface area contributed by atoms with E-state index in [0.717, 1.165) is 5.56 Å². The number of amides is 5. The van der Waals surface area contributed by atoms with Gasteiger partial charge in [-0.05, 0) is 75.6 Å². The highest BCUT2D eigenvalue weighted by Gasteiger charge is 2.39. The number of carboxylic acids is 1. The third-order valence-corrected chi connectivity index (χ3v) is 12.0. The number of hydrogen-bond acceptors (Lipinski definition) is 10. The average molecular weight is 841 g/mol. The van der Waals surface area contributed by atoms with Crippen molar-refractivity contribution in [2.45, 2.75) is 115 Å². The fraction of sp³-hybridized carbons (Fsp3) is 0.525. The lowest BCUT2D eigenvalue weighted by Crippen LogP contribution is -2.59. The maximum Gasteiger partial charge on any atom is 0.305 e. The minimum Gasteiger partial charge on any atom is -0.487 e. The number of sulfonamides is 1. The van der Waals surface area contributed by atoms with Crippen LogP contribution in [0.5, 0.6) is 5.75 Å². The van der Waals surface area contributed by atoms with Crippen molar-refractivity contribution in [2.24, 2.45) is 16.6 Å². The Hall–Kier alpha value is -5.72. The number of carboxylic acid groups (broad SMARTS) is 1. The lowest BCUT2D eigenvalue weighted by molar-refractivity contribution is -0.144. The van der Waals surface area contributed by atoms with E-state index in [1.807, 2.05) is 13.8 Å². The van der Waals surface area contributed by atoms with Crippen molar-refractivity contribution in [3.8, 4) is 5.75 Å². The molecule has 4 rings (SSSR count). The van der Waals surface area contributed by atoms with Gasteiger partial charge in [0.1, 0.15) is 35.5 Å². The van der Waals surface area contributed by atoms with Crippen LogP contribution in [0.3, 0.4) is 0 Å². The predicted octanol–water partition coefficient (Wildman–Crippen LogP) is 0.483. The van der Waals surface area contributed by atoms with Crippen LogP contribution in [-0.4, -0.2) is 110 Å². The number of carbonyl (C=O) groups is 6. The third-order valence-electron chi connectivity index (χ3n) is 10.4. The van der Waals surface area contributed by atoms with E-state index in [4.69, 9.17) is 10.5 Å². The number of nitrogens with one attached hydrogen (secondary N) is 5. The second-order valence-corrected chi connectivity index (χ2v) is 17.6. The monoisotopic (exact) mass is 840 g/mol. The summed E-state index contributed by atoms with van der Waals surface area (Å²) >= 11 is 0. The topological polar surface area (TPSA) is 268 Å². The summed E-state index contributed by atoms with van der Waals surface area (Å²) in [5.41, 5.74) is 8.80. The van der Waals surface area contributed by atoms with Crippen molar-refractivity contribution < 1.29 is 47.0 Å². The van der Waals surface area contributed by atoms with E-state index in [0.29, 0.717) is 34.4 Å². The Morgan fingerprint density at radius 1 is 0.966 bits per heavy atom. The van der Waals surface area contributed by atoms with Crippen LogP contribution in [-0.2, 0) is 51.6 Å². The first-order valence-corrected chi connectivity index (χ1v) is 20.9. The van der Waals surface area contributed by atoms with E-state index in [1.165, 1.54) is 11.9 Å². The summed E-state index contributed by atoms with van der Waals surface area (Å²) in [4.78, 5) is 85.0. The Balaban J connectivity index is 1.56. The first kappa shape index (κ1) is 46.0. The highest BCUT2D eigenvalue weighted by atomic mass is 32.2. The highest BCUT2D eigenvalue weighted by Crippen LogP contribution is 2.43. The van der Waals surface area contributed by atoms with Crippen LogP contribution in [0.15, 0.2) is 40.2 Å². The molecule has 2 aliphatic rings. The molecule has 322 valence electrons. The summed E-state index contributed by atoms with van der Waals surface area (Å²) in [5.74, 6) is -5.59. The quantitative estimate of drug-likeness (QED) is 0.0930. The summed E-state index contributed by atoms with van der Waals surface area (Å²) in [6.07, 6.45) is -0.253. The van der Waals surface area contributed by atoms with Crippen LogP contribution in [0.1, 0.15) is 74.8 Å². The number of ether oxygens (including phenoxy) is 1. The standard InChI is InChI=1S/C40H56N8O10S/c1-21(2)32-37(54)45-27(15-12-16-42-39(41)47-59(56,57)34-23(4)22(3)33-26(24(34)5)19-40(6,7)58-33)35(52)43-20-30(49)44-28(18-31(50)51)36(53)46-29(38(55)48(32)8)17-25-13-10-9-11-14-25/h9-11,13-14,21,27-29,32H,12,15-20H2,1-8H3,(H,43,52)(H,44,49)(H,45,54)(H,46,53)(H,50,51)(H3,41,42,47)/t27-,28-,29+,32-/m0/s1. The van der Waals surface area contributed by atoms with Gasteiger partial charge in [-0.2, -0.15) is 0 Å². The van der Waals surface area contributed by atoms with Gasteiger partial charge in [-0.1, -0.05) is 44.2 Å². The molecule has 0 unspecified atom stereocenters. The predicted molar refractivity (Wildman–Crippen MR) is 218 cm³/mol. The molecule has 0 aliphatic carbocycles. The number of aliphatic imine (C=N–C) groups is 1. The molecule has 0 aromatic heterocycles. The molecule has 1 fully saturated rings. The van der Waals surface area contributed by atoms with Gasteiger partial charge in [0, 0.05) is 32.0 Å². The first-order chi connectivity index (χ1) is 27.5. The fourth-order valence-electron chi connectivity index (χ4n) is 7.44. The van der Waals surface area contributed by atoms with Gasteiger partial charge in [-0.3, -0.25) is 33.8 Å². The van der Waals surface area contributed by atoms with E-state index in [-0.39, 0.29) is 30.7 Å². The molecule has 8 N–H and O–H groups in total. The fourth-order valence-corrected chi connectivity index (χ4v) is 8.96. The lowest BCUT2D eigenvalue weighted by atomic mass is 9.94. The van der Waals surface area contributed by atoms with Crippen LogP contribution in [0.25, 0.3) is 0 Å². The van der Waals surface area contributed by atoms with Crippen molar-refractivity contribution in [1.29, 1.82) is 0 Å². The molecule has 2 heterocycles. The minimum absolute atomic E-state index is 0.0160. The molecule has 2 aliphatic heterocycles. The second kappa shape index (κ2) is 18.9. The number of hydrogen-bond donors (Lipinski definition) is 7. The second-order valence-electron chi connectivity index (χ2n) is 16.0. The summed E-state index contributed by atoms with van der Waals surface area (Å²) in [6, 6.07) is 3.46. The van der Waals surface area contributed by atoms with Crippen LogP contribution in [0, 0.1) is 26.7 Å². The number of guanidine groups is 1. The Morgan fingerprint density at radius 2 is 1.61 bits per heavy atom. The molecular weight excluding hydrogens is 785 g/mol. The Morgan fingerprint density at radius 3 is 2.24 bits per heavy atom. The highest BCUT2D eigenvalue weighted by molar-refractivity contribution is 7.90. The van der Waals surface area contributed by atoms with Crippen molar-refractivity contribution in [1.82, 2.24) is 30.9 Å². The van der Waals surface area contributed by atoms with Gasteiger partial charge < -0.3 is 41.7 Å². The molecule has 4 atom stereocenters. The molecule has 2 aromatic rings. The number of benzene rings is 2. The summed E-state index contributed by atoms with van der Waals surface area (Å²) in [7, 11) is -2.79. The number of carbonyl (C=O) groups excluding carboxylic acids is 5. The third kappa shape index (κ3) is 11.5. The zero-order chi connectivity index (χ0) is 44.0. The van der Waals surface area contributed by atoms with Gasteiger partial charge >= 0.3 is 5.97 Å². The minimum atomic E-state index is -4.18. The van der Waals surface area contributed by atoms with Gasteiger partial charge in [0.25, 0.3) is 10.0 Å². The van der Waals surface area contributed by atoms with E-state index in [9.17, 15) is 42.3 Å². The number of rotatable bonds is 11. The molecule has 0 spiro atoms. The summed E-state index contributed by atoms with van der Waals surface area (Å²) < 4.78 is 35.7. The molecule has 19 heteroatoms. The number of likely N-dealkylation sites (N-methyl/N-ethyl adjacent to an activating group) is 1. The zero-order valence-electron chi connectivity index (χ0n) is 34.7. The van der Waals surface area contributed by atoms with Crippen molar-refractivity contribution in [3.05, 3.63) is 58.1 Å². The van der Waals surface area contributed by atoms with Gasteiger partial charge in [-0.25, -0.2) is 13.1 Å². The van der Waals surface area contributed by atoms with Crippen molar-refractivity contribution in [2.75, 3.05) is 20.1 Å². The molecule has 2 aromatic carbocycles. The van der Waals surface area contributed by atoms with Gasteiger partial charge in [0.2, 0.25) is 35.5 Å². The Bertz CT molecular complexity index is 2110. The van der Waals surface area contributed by atoms with E-state index in [1.54, 1.807) is 65.0 Å². The molecule has 18 nitrogen and oxygen atoms in total. The maximum absolute atomic E-state index is 14.1. The first-order valence-electron chi connectivity index (χ1n) is 19.4. The van der Waals surface area contributed by atoms with E-state index in [2.05, 4.69) is 31.0 Å². The molecule has 5 amide bonds. The maximum atomic E-state index is 14.1. The number of nitrogens with two attached hydrogens (primary N) is 1. The molecule has 0 bridgehead atoms. The van der Waals surface area contributed by atoms with Crippen LogP contribution in [0.2, 0.25) is 0 Å². The van der Waals surface area contributed by atoms with Gasteiger partial charge in [0.15, 0.2) is 0 Å². The zero-order valence-corrected chi connectivity index (χ0v) is 35.5. The van der Waals surface area contributed by atoms with Crippen molar-refractivity contribution in [3.63, 3.8) is 0 Å². The smallest absolute Gasteiger partial charge is 0.305 e. The van der Waals surface area contributed by atoms with Crippen LogP contribution < -0.4 is 36.5 Å². The summed E-state index contributed by atoms with van der Waals surface area (Å²) in [5, 5.41) is 19.5. The van der Waals surface area contributed by atoms with Gasteiger partial charge in [-0.15, -0.1) is 0 Å². The summed E-state index contributed by atoms with van der Waals surface area (Å²) in [6.45, 7) is 11.7. The number of nitrogens with zero attached hydrogens (tertiary/aromatic N) is 2. The molecule has 0 radical (unpaired) electrons. The van der Waals surface area contributed by atoms with E-state index < -0.39 is 100 Å². The normalized spacial score (nSPS) is 21.9. The SMILES string of the molecule is Cc1c(C)c(S(=O)(=O)NC(N)=NCCC[C@@H]2NC(=O)[C@H](C(C)C)N(C)C(=O)[C@@H](Cc3ccccc3)NC(=O)[C@H](CC(=O)O)NC(=O)CNC2=O)c(C)c2c1OC(C)(C)C2. The molecule has 1 saturated heterocycles. The lowest BCUT2D eigenvalue weighted by Gasteiger charge is -2.34. The van der Waals surface area contributed by atoms with Crippen molar-refractivity contribution >= 4 is 51.5 Å². The Kier molecular flexibility index (Phi) is 14.7. The molecule has 0 saturated carbocycles. The molecule has 59 heavy (non-hydrogen) atoms. The largest absolute Gasteiger partial charge is 0.487 e. The average Bonchev–Trinajstić information content (AvgIpc) is 3.48. The number of fused-ring (bicyclic) bond motifs is 1.